The second-order valence-corrected chi connectivity index (χ2v) is 6.96. The Hall–Kier alpha value is -1.11. The van der Waals surface area contributed by atoms with E-state index >= 15 is 0 Å². The Morgan fingerprint density at radius 1 is 1.16 bits per heavy atom. The number of nitrogens with one attached hydrogen (secondary N) is 2. The van der Waals surface area contributed by atoms with Crippen molar-refractivity contribution in [1.82, 2.24) is 10.0 Å². The molecule has 2 N–H and O–H groups in total. The van der Waals surface area contributed by atoms with Crippen molar-refractivity contribution in [1.29, 1.82) is 0 Å². The van der Waals surface area contributed by atoms with Crippen molar-refractivity contribution in [2.45, 2.75) is 30.8 Å². The average Bonchev–Trinajstić information content (AvgIpc) is 2.38. The zero-order chi connectivity index (χ0) is 14.0. The van der Waals surface area contributed by atoms with Crippen LogP contribution in [0.25, 0.3) is 0 Å². The van der Waals surface area contributed by atoms with Crippen LogP contribution in [-0.2, 0) is 10.0 Å². The molecule has 1 saturated heterocycles. The third-order valence-corrected chi connectivity index (χ3v) is 4.77. The van der Waals surface area contributed by atoms with Crippen molar-refractivity contribution >= 4 is 15.7 Å². The van der Waals surface area contributed by atoms with E-state index in [-0.39, 0.29) is 0 Å². The fourth-order valence-corrected chi connectivity index (χ4v) is 3.22. The highest BCUT2D eigenvalue weighted by Crippen LogP contribution is 2.20. The lowest BCUT2D eigenvalue weighted by Crippen LogP contribution is -2.54. The van der Waals surface area contributed by atoms with E-state index in [0.29, 0.717) is 17.0 Å². The Morgan fingerprint density at radius 2 is 1.68 bits per heavy atom. The first-order chi connectivity index (χ1) is 8.92. The number of nitrogens with zero attached hydrogens (tertiary/aromatic N) is 1. The molecule has 1 fully saturated rings. The molecule has 0 aliphatic carbocycles. The summed E-state index contributed by atoms with van der Waals surface area (Å²) in [4.78, 5) is 2.58. The van der Waals surface area contributed by atoms with Crippen LogP contribution >= 0.6 is 0 Å². The number of hydrogen-bond acceptors (Lipinski definition) is 4. The number of sulfonamides is 1. The predicted octanol–water partition coefficient (Wildman–Crippen LogP) is 0.781. The van der Waals surface area contributed by atoms with Gasteiger partial charge in [0.15, 0.2) is 0 Å². The number of benzene rings is 1. The molecule has 106 valence electrons. The van der Waals surface area contributed by atoms with Gasteiger partial charge in [-0.2, -0.15) is 0 Å². The topological polar surface area (TPSA) is 61.4 Å². The van der Waals surface area contributed by atoms with E-state index in [4.69, 9.17) is 0 Å². The molecule has 1 aliphatic heterocycles. The zero-order valence-corrected chi connectivity index (χ0v) is 12.4. The molecule has 0 spiro atoms. The molecule has 1 aliphatic rings. The van der Waals surface area contributed by atoms with Crippen molar-refractivity contribution in [3.05, 3.63) is 24.3 Å². The zero-order valence-electron chi connectivity index (χ0n) is 11.6. The largest absolute Gasteiger partial charge is 0.368 e. The van der Waals surface area contributed by atoms with Gasteiger partial charge in [-0.05, 0) is 45.2 Å². The van der Waals surface area contributed by atoms with Crippen LogP contribution in [0.3, 0.4) is 0 Å². The molecule has 2 rings (SSSR count). The Morgan fingerprint density at radius 3 is 2.16 bits per heavy atom. The van der Waals surface area contributed by atoms with Gasteiger partial charge in [0.1, 0.15) is 0 Å². The first-order valence-corrected chi connectivity index (χ1v) is 7.95. The minimum Gasteiger partial charge on any atom is -0.368 e. The molecular weight excluding hydrogens is 262 g/mol. The summed E-state index contributed by atoms with van der Waals surface area (Å²) in [7, 11) is -1.93. The second-order valence-electron chi connectivity index (χ2n) is 5.08. The molecule has 1 aromatic carbocycles. The molecule has 6 heteroatoms. The van der Waals surface area contributed by atoms with E-state index in [1.165, 1.54) is 7.05 Å². The van der Waals surface area contributed by atoms with Gasteiger partial charge in [-0.25, -0.2) is 13.1 Å². The van der Waals surface area contributed by atoms with Crippen LogP contribution in [0.1, 0.15) is 13.8 Å². The maximum atomic E-state index is 11.7. The van der Waals surface area contributed by atoms with Crippen molar-refractivity contribution in [3.63, 3.8) is 0 Å². The molecule has 2 unspecified atom stereocenters. The quantitative estimate of drug-likeness (QED) is 0.860. The molecule has 1 aromatic rings. The highest BCUT2D eigenvalue weighted by Gasteiger charge is 2.21. The van der Waals surface area contributed by atoms with Crippen LogP contribution in [0.5, 0.6) is 0 Å². The van der Waals surface area contributed by atoms with Gasteiger partial charge < -0.3 is 10.2 Å². The molecule has 0 aromatic heterocycles. The van der Waals surface area contributed by atoms with E-state index in [1.807, 2.05) is 12.1 Å². The van der Waals surface area contributed by atoms with Crippen LogP contribution < -0.4 is 14.9 Å². The number of piperazine rings is 1. The number of anilines is 1. The smallest absolute Gasteiger partial charge is 0.240 e. The minimum atomic E-state index is -3.35. The molecular formula is C13H21N3O2S. The normalized spacial score (nSPS) is 24.5. The molecule has 2 atom stereocenters. The van der Waals surface area contributed by atoms with Crippen LogP contribution in [0.2, 0.25) is 0 Å². The molecule has 19 heavy (non-hydrogen) atoms. The number of hydrogen-bond donors (Lipinski definition) is 2. The maximum Gasteiger partial charge on any atom is 0.240 e. The molecule has 0 amide bonds. The van der Waals surface area contributed by atoms with Gasteiger partial charge in [0.25, 0.3) is 0 Å². The summed E-state index contributed by atoms with van der Waals surface area (Å²) < 4.78 is 25.6. The lowest BCUT2D eigenvalue weighted by Gasteiger charge is -2.37. The Balaban J connectivity index is 2.19. The number of rotatable bonds is 3. The summed E-state index contributed by atoms with van der Waals surface area (Å²) >= 11 is 0. The van der Waals surface area contributed by atoms with Crippen LogP contribution in [-0.4, -0.2) is 40.6 Å². The van der Waals surface area contributed by atoms with E-state index < -0.39 is 10.0 Å². The lowest BCUT2D eigenvalue weighted by atomic mass is 10.1. The maximum absolute atomic E-state index is 11.7. The van der Waals surface area contributed by atoms with E-state index in [0.717, 1.165) is 18.8 Å². The Kier molecular flexibility index (Phi) is 4.13. The molecule has 0 bridgehead atoms. The van der Waals surface area contributed by atoms with E-state index in [2.05, 4.69) is 28.8 Å². The van der Waals surface area contributed by atoms with Gasteiger partial charge in [0, 0.05) is 30.9 Å². The molecule has 0 saturated carbocycles. The summed E-state index contributed by atoms with van der Waals surface area (Å²) in [5.41, 5.74) is 1.07. The van der Waals surface area contributed by atoms with Crippen molar-refractivity contribution in [2.24, 2.45) is 0 Å². The van der Waals surface area contributed by atoms with Crippen LogP contribution in [0, 0.1) is 0 Å². The second kappa shape index (κ2) is 5.48. The first kappa shape index (κ1) is 14.3. The summed E-state index contributed by atoms with van der Waals surface area (Å²) in [5.74, 6) is 0. The first-order valence-electron chi connectivity index (χ1n) is 6.47. The van der Waals surface area contributed by atoms with Crippen LogP contribution in [0.15, 0.2) is 29.2 Å². The van der Waals surface area contributed by atoms with Gasteiger partial charge in [0.05, 0.1) is 4.90 Å². The lowest BCUT2D eigenvalue weighted by molar-refractivity contribution is 0.407. The highest BCUT2D eigenvalue weighted by molar-refractivity contribution is 7.89. The third kappa shape index (κ3) is 3.26. The van der Waals surface area contributed by atoms with Gasteiger partial charge in [0.2, 0.25) is 10.0 Å². The highest BCUT2D eigenvalue weighted by atomic mass is 32.2. The van der Waals surface area contributed by atoms with Gasteiger partial charge >= 0.3 is 0 Å². The Bertz CT molecular complexity index is 517. The predicted molar refractivity (Wildman–Crippen MR) is 77.0 cm³/mol. The van der Waals surface area contributed by atoms with E-state index in [9.17, 15) is 8.42 Å². The summed E-state index contributed by atoms with van der Waals surface area (Å²) in [6.45, 7) is 6.18. The van der Waals surface area contributed by atoms with Gasteiger partial charge in [-0.1, -0.05) is 0 Å². The fraction of sp³-hybridized carbons (Fsp3) is 0.538. The fourth-order valence-electron chi connectivity index (χ4n) is 2.49. The summed E-state index contributed by atoms with van der Waals surface area (Å²) in [6, 6.07) is 7.91. The summed E-state index contributed by atoms with van der Waals surface area (Å²) in [6.07, 6.45) is 0. The van der Waals surface area contributed by atoms with Crippen LogP contribution in [0.4, 0.5) is 5.69 Å². The third-order valence-electron chi connectivity index (χ3n) is 3.34. The van der Waals surface area contributed by atoms with Crippen molar-refractivity contribution < 1.29 is 8.42 Å². The van der Waals surface area contributed by atoms with Crippen molar-refractivity contribution in [3.8, 4) is 0 Å². The average molecular weight is 283 g/mol. The molecule has 0 radical (unpaired) electrons. The Labute approximate surface area is 115 Å². The SMILES string of the molecule is CNS(=O)(=O)c1ccc(N2CC(C)NC(C)C2)cc1. The summed E-state index contributed by atoms with van der Waals surface area (Å²) in [5, 5.41) is 3.48. The monoisotopic (exact) mass is 283 g/mol. The standard InChI is InChI=1S/C13H21N3O2S/c1-10-8-16(9-11(2)15-10)12-4-6-13(7-5-12)19(17,18)14-3/h4-7,10-11,14-15H,8-9H2,1-3H3. The van der Waals surface area contributed by atoms with Gasteiger partial charge in [-0.3, -0.25) is 0 Å². The van der Waals surface area contributed by atoms with E-state index in [1.54, 1.807) is 12.1 Å². The molecule has 5 nitrogen and oxygen atoms in total. The minimum absolute atomic E-state index is 0.301. The van der Waals surface area contributed by atoms with Crippen molar-refractivity contribution in [2.75, 3.05) is 25.0 Å². The van der Waals surface area contributed by atoms with Gasteiger partial charge in [-0.15, -0.1) is 0 Å². The molecule has 1 heterocycles.